The Balaban J connectivity index is 1.90. The van der Waals surface area contributed by atoms with Crippen LogP contribution < -0.4 is 0 Å². The van der Waals surface area contributed by atoms with Crippen molar-refractivity contribution in [2.24, 2.45) is 0 Å². The van der Waals surface area contributed by atoms with Crippen LogP contribution >= 0.6 is 0 Å². The first-order valence-electron chi connectivity index (χ1n) is 7.82. The zero-order chi connectivity index (χ0) is 17.3. The average Bonchev–Trinajstić information content (AvgIpc) is 3.07. The molecule has 0 spiro atoms. The summed E-state index contributed by atoms with van der Waals surface area (Å²) >= 11 is 0. The summed E-state index contributed by atoms with van der Waals surface area (Å²) in [5.74, 6) is -1.19. The van der Waals surface area contributed by atoms with Gasteiger partial charge >= 0.3 is 0 Å². The molecule has 3 aliphatic heterocycles. The Bertz CT molecular complexity index is 757. The standard InChI is InChI=1S/C16H20O7S/c1-9-4-6-10(7-5-9)24(18,19)16-13(22-15(2,3)23-16)12(17)11-8-20-14(16)21-11/h4-7,11-14,17H,8H2,1-3H3. The number of hydrogen-bond donors (Lipinski definition) is 1. The van der Waals surface area contributed by atoms with Crippen molar-refractivity contribution in [2.75, 3.05) is 6.61 Å². The van der Waals surface area contributed by atoms with E-state index in [4.69, 9.17) is 18.9 Å². The molecule has 3 saturated heterocycles. The number of sulfone groups is 1. The molecule has 1 aromatic rings. The normalized spacial score (nSPS) is 40.5. The summed E-state index contributed by atoms with van der Waals surface area (Å²) in [4.78, 5) is -1.87. The zero-order valence-electron chi connectivity index (χ0n) is 13.6. The molecule has 24 heavy (non-hydrogen) atoms. The van der Waals surface area contributed by atoms with Crippen LogP contribution in [0.1, 0.15) is 19.4 Å². The Labute approximate surface area is 140 Å². The van der Waals surface area contributed by atoms with E-state index < -0.39 is 45.2 Å². The number of fused-ring (bicyclic) bond motifs is 4. The highest BCUT2D eigenvalue weighted by atomic mass is 32.2. The highest BCUT2D eigenvalue weighted by molar-refractivity contribution is 7.92. The highest BCUT2D eigenvalue weighted by Gasteiger charge is 2.74. The molecule has 132 valence electrons. The lowest BCUT2D eigenvalue weighted by atomic mass is 10.0. The van der Waals surface area contributed by atoms with Gasteiger partial charge in [0.15, 0.2) is 5.79 Å². The molecule has 8 heteroatoms. The average molecular weight is 356 g/mol. The van der Waals surface area contributed by atoms with Crippen molar-refractivity contribution in [3.63, 3.8) is 0 Å². The van der Waals surface area contributed by atoms with Gasteiger partial charge in [0.05, 0.1) is 11.5 Å². The van der Waals surface area contributed by atoms with E-state index in [-0.39, 0.29) is 11.5 Å². The predicted octanol–water partition coefficient (Wildman–Crippen LogP) is 0.733. The molecule has 5 unspecified atom stereocenters. The summed E-state index contributed by atoms with van der Waals surface area (Å²) in [6.45, 7) is 5.19. The molecule has 3 aliphatic rings. The third kappa shape index (κ3) is 2.04. The van der Waals surface area contributed by atoms with Crippen molar-refractivity contribution in [3.05, 3.63) is 29.8 Å². The van der Waals surface area contributed by atoms with E-state index >= 15 is 0 Å². The quantitative estimate of drug-likeness (QED) is 0.835. The van der Waals surface area contributed by atoms with Crippen LogP contribution in [0, 0.1) is 6.92 Å². The molecule has 2 bridgehead atoms. The molecule has 0 aromatic heterocycles. The maximum atomic E-state index is 13.4. The lowest BCUT2D eigenvalue weighted by Crippen LogP contribution is -2.65. The van der Waals surface area contributed by atoms with Crippen molar-refractivity contribution in [1.82, 2.24) is 0 Å². The van der Waals surface area contributed by atoms with Gasteiger partial charge in [0.2, 0.25) is 16.1 Å². The van der Waals surface area contributed by atoms with Crippen LogP contribution in [0.15, 0.2) is 29.2 Å². The Morgan fingerprint density at radius 2 is 1.88 bits per heavy atom. The summed E-state index contributed by atoms with van der Waals surface area (Å²) in [5.41, 5.74) is 0.934. The first-order valence-corrected chi connectivity index (χ1v) is 9.30. The summed E-state index contributed by atoms with van der Waals surface area (Å²) < 4.78 is 49.7. The Morgan fingerprint density at radius 3 is 2.54 bits per heavy atom. The first-order chi connectivity index (χ1) is 11.2. The van der Waals surface area contributed by atoms with Gasteiger partial charge in [-0.1, -0.05) is 17.7 Å². The van der Waals surface area contributed by atoms with Gasteiger partial charge in [-0.25, -0.2) is 8.42 Å². The van der Waals surface area contributed by atoms with Gasteiger partial charge in [-0.2, -0.15) is 0 Å². The number of hydrogen-bond acceptors (Lipinski definition) is 7. The van der Waals surface area contributed by atoms with Crippen LogP contribution in [0.25, 0.3) is 0 Å². The number of aliphatic hydroxyl groups is 1. The molecule has 3 fully saturated rings. The van der Waals surface area contributed by atoms with Crippen LogP contribution in [-0.2, 0) is 28.8 Å². The minimum atomic E-state index is -4.07. The summed E-state index contributed by atoms with van der Waals surface area (Å²) in [5, 5.41) is 10.5. The maximum Gasteiger partial charge on any atom is 0.255 e. The number of aryl methyl sites for hydroxylation is 1. The van der Waals surface area contributed by atoms with Crippen molar-refractivity contribution in [1.29, 1.82) is 0 Å². The molecule has 4 rings (SSSR count). The van der Waals surface area contributed by atoms with Crippen LogP contribution in [0.5, 0.6) is 0 Å². The van der Waals surface area contributed by atoms with E-state index in [1.807, 2.05) is 6.92 Å². The van der Waals surface area contributed by atoms with Gasteiger partial charge in [0.1, 0.15) is 18.3 Å². The van der Waals surface area contributed by atoms with Gasteiger partial charge in [0, 0.05) is 0 Å². The minimum Gasteiger partial charge on any atom is -0.387 e. The predicted molar refractivity (Wildman–Crippen MR) is 81.8 cm³/mol. The summed E-state index contributed by atoms with van der Waals surface area (Å²) in [6, 6.07) is 6.44. The molecule has 7 nitrogen and oxygen atoms in total. The molecule has 0 amide bonds. The van der Waals surface area contributed by atoms with E-state index in [2.05, 4.69) is 0 Å². The molecule has 0 aliphatic carbocycles. The topological polar surface area (TPSA) is 91.3 Å². The molecule has 3 heterocycles. The van der Waals surface area contributed by atoms with Crippen LogP contribution in [0.3, 0.4) is 0 Å². The van der Waals surface area contributed by atoms with Crippen molar-refractivity contribution >= 4 is 9.84 Å². The lowest BCUT2D eigenvalue weighted by molar-refractivity contribution is -0.218. The highest BCUT2D eigenvalue weighted by Crippen LogP contribution is 2.52. The third-order valence-electron chi connectivity index (χ3n) is 4.69. The second-order valence-electron chi connectivity index (χ2n) is 6.91. The first kappa shape index (κ1) is 16.4. The largest absolute Gasteiger partial charge is 0.387 e. The van der Waals surface area contributed by atoms with Crippen molar-refractivity contribution in [2.45, 2.75) is 61.0 Å². The van der Waals surface area contributed by atoms with E-state index in [9.17, 15) is 13.5 Å². The van der Waals surface area contributed by atoms with Gasteiger partial charge in [-0.3, -0.25) is 0 Å². The van der Waals surface area contributed by atoms with E-state index in [0.29, 0.717) is 0 Å². The van der Waals surface area contributed by atoms with Crippen LogP contribution in [0.4, 0.5) is 0 Å². The van der Waals surface area contributed by atoms with Gasteiger partial charge < -0.3 is 24.1 Å². The number of aliphatic hydroxyl groups excluding tert-OH is 1. The fourth-order valence-electron chi connectivity index (χ4n) is 3.58. The molecule has 1 N–H and O–H groups in total. The second-order valence-corrected chi connectivity index (χ2v) is 9.02. The van der Waals surface area contributed by atoms with E-state index in [0.717, 1.165) is 5.56 Å². The molecule has 5 atom stereocenters. The van der Waals surface area contributed by atoms with Crippen LogP contribution in [0.2, 0.25) is 0 Å². The number of benzene rings is 1. The Morgan fingerprint density at radius 1 is 1.21 bits per heavy atom. The zero-order valence-corrected chi connectivity index (χ0v) is 14.4. The molecular formula is C16H20O7S. The smallest absolute Gasteiger partial charge is 0.255 e. The number of rotatable bonds is 2. The van der Waals surface area contributed by atoms with Gasteiger partial charge in [0.25, 0.3) is 4.93 Å². The molecule has 0 saturated carbocycles. The fraction of sp³-hybridized carbons (Fsp3) is 0.625. The van der Waals surface area contributed by atoms with Crippen LogP contribution in [-0.4, -0.2) is 55.5 Å². The maximum absolute atomic E-state index is 13.4. The van der Waals surface area contributed by atoms with Gasteiger partial charge in [-0.05, 0) is 32.9 Å². The monoisotopic (exact) mass is 356 g/mol. The van der Waals surface area contributed by atoms with Gasteiger partial charge in [-0.15, -0.1) is 0 Å². The van der Waals surface area contributed by atoms with E-state index in [1.165, 1.54) is 12.1 Å². The molecule has 1 aromatic carbocycles. The summed E-state index contributed by atoms with van der Waals surface area (Å²) in [6.07, 6.45) is -4.03. The second kappa shape index (κ2) is 5.00. The Hall–Kier alpha value is -1.03. The Kier molecular flexibility index (Phi) is 3.42. The van der Waals surface area contributed by atoms with E-state index in [1.54, 1.807) is 26.0 Å². The van der Waals surface area contributed by atoms with Crippen molar-refractivity contribution in [3.8, 4) is 0 Å². The third-order valence-corrected chi connectivity index (χ3v) is 6.93. The molecular weight excluding hydrogens is 336 g/mol. The number of ether oxygens (including phenoxy) is 4. The lowest BCUT2D eigenvalue weighted by Gasteiger charge is -2.41. The van der Waals surface area contributed by atoms with Crippen molar-refractivity contribution < 1.29 is 32.5 Å². The SMILES string of the molecule is Cc1ccc(S(=O)(=O)C23OC(C)(C)OC2C(O)C2COC3O2)cc1. The fourth-order valence-corrected chi connectivity index (χ4v) is 5.63. The minimum absolute atomic E-state index is 0.0733. The summed E-state index contributed by atoms with van der Waals surface area (Å²) in [7, 11) is -4.07. The molecule has 0 radical (unpaired) electrons.